The van der Waals surface area contributed by atoms with Crippen LogP contribution in [0.2, 0.25) is 0 Å². The summed E-state index contributed by atoms with van der Waals surface area (Å²) in [7, 11) is 0. The van der Waals surface area contributed by atoms with E-state index < -0.39 is 6.10 Å². The van der Waals surface area contributed by atoms with Gasteiger partial charge in [-0.3, -0.25) is 0 Å². The first-order valence-corrected chi connectivity index (χ1v) is 11.1. The number of nitrogens with one attached hydrogen (secondary N) is 1. The Balaban J connectivity index is 1.47. The van der Waals surface area contributed by atoms with Crippen molar-refractivity contribution in [3.05, 3.63) is 106 Å². The molecule has 0 saturated heterocycles. The summed E-state index contributed by atoms with van der Waals surface area (Å²) in [4.78, 5) is 0. The molecule has 0 bridgehead atoms. The smallest absolute Gasteiger partial charge is 0.118 e. The second-order valence-electron chi connectivity index (χ2n) is 8.45. The van der Waals surface area contributed by atoms with Crippen LogP contribution in [-0.2, 0) is 12.8 Å². The van der Waals surface area contributed by atoms with E-state index in [1.807, 2.05) is 19.9 Å². The van der Waals surface area contributed by atoms with Crippen molar-refractivity contribution in [1.29, 1.82) is 0 Å². The van der Waals surface area contributed by atoms with Crippen LogP contribution in [0.4, 0.5) is 0 Å². The molecule has 0 radical (unpaired) electrons. The van der Waals surface area contributed by atoms with Crippen LogP contribution >= 0.6 is 0 Å². The summed E-state index contributed by atoms with van der Waals surface area (Å²) >= 11 is 0. The third-order valence-corrected chi connectivity index (χ3v) is 6.27. The molecule has 0 amide bonds. The van der Waals surface area contributed by atoms with Crippen molar-refractivity contribution in [3.63, 3.8) is 0 Å². The number of aromatic hydroxyl groups is 1. The van der Waals surface area contributed by atoms with Crippen molar-refractivity contribution in [3.8, 4) is 5.75 Å². The predicted octanol–water partition coefficient (Wildman–Crippen LogP) is 5.33. The highest BCUT2D eigenvalue weighted by molar-refractivity contribution is 5.83. The molecule has 0 heterocycles. The Morgan fingerprint density at radius 1 is 0.935 bits per heavy atom. The molecule has 31 heavy (non-hydrogen) atoms. The van der Waals surface area contributed by atoms with Crippen LogP contribution in [0, 0.1) is 6.92 Å². The number of fused-ring (bicyclic) bond motifs is 2. The third kappa shape index (κ3) is 4.73. The average molecular weight is 414 g/mol. The number of benzene rings is 3. The van der Waals surface area contributed by atoms with Gasteiger partial charge in [-0.15, -0.1) is 0 Å². The number of hydrogen-bond donors (Lipinski definition) is 3. The molecule has 160 valence electrons. The number of phenolic OH excluding ortho intramolecular Hbond substituents is 1. The molecular weight excluding hydrogens is 382 g/mol. The molecule has 3 heteroatoms. The fraction of sp³-hybridized carbons (Fsp3) is 0.286. The van der Waals surface area contributed by atoms with Gasteiger partial charge in [0.05, 0.1) is 6.10 Å². The number of phenols is 1. The van der Waals surface area contributed by atoms with Crippen LogP contribution in [-0.4, -0.2) is 22.8 Å². The van der Waals surface area contributed by atoms with E-state index in [1.165, 1.54) is 27.8 Å². The van der Waals surface area contributed by atoms with E-state index in [2.05, 4.69) is 59.9 Å². The van der Waals surface area contributed by atoms with Crippen molar-refractivity contribution in [2.45, 2.75) is 45.3 Å². The number of aryl methyl sites for hydroxylation is 3. The Kier molecular flexibility index (Phi) is 6.55. The Labute approximate surface area is 185 Å². The molecule has 1 aliphatic rings. The van der Waals surface area contributed by atoms with Crippen molar-refractivity contribution in [2.75, 3.05) is 6.54 Å². The maximum atomic E-state index is 10.7. The van der Waals surface area contributed by atoms with Gasteiger partial charge in [-0.2, -0.15) is 0 Å². The van der Waals surface area contributed by atoms with Crippen molar-refractivity contribution in [1.82, 2.24) is 5.32 Å². The average Bonchev–Trinajstić information content (AvgIpc) is 2.95. The molecule has 0 fully saturated rings. The molecule has 3 nitrogen and oxygen atoms in total. The van der Waals surface area contributed by atoms with Crippen molar-refractivity contribution >= 4 is 5.57 Å². The number of aliphatic hydroxyl groups is 1. The van der Waals surface area contributed by atoms with Gasteiger partial charge < -0.3 is 15.5 Å². The maximum absolute atomic E-state index is 10.7. The SMILES string of the molecule is Cc1cc(C(O)C(C)NCCC=C2c3ccccc3CCc3ccccc32)ccc1O. The van der Waals surface area contributed by atoms with E-state index in [9.17, 15) is 10.2 Å². The number of rotatable bonds is 6. The second kappa shape index (κ2) is 9.51. The van der Waals surface area contributed by atoms with E-state index in [0.29, 0.717) is 0 Å². The zero-order valence-electron chi connectivity index (χ0n) is 18.3. The maximum Gasteiger partial charge on any atom is 0.118 e. The van der Waals surface area contributed by atoms with Crippen molar-refractivity contribution < 1.29 is 10.2 Å². The minimum atomic E-state index is -0.619. The fourth-order valence-electron chi connectivity index (χ4n) is 4.43. The summed E-state index contributed by atoms with van der Waals surface area (Å²) < 4.78 is 0. The fourth-order valence-corrected chi connectivity index (χ4v) is 4.43. The number of hydrogen-bond acceptors (Lipinski definition) is 3. The highest BCUT2D eigenvalue weighted by Gasteiger charge is 2.18. The lowest BCUT2D eigenvalue weighted by molar-refractivity contribution is 0.136. The molecule has 3 aromatic rings. The van der Waals surface area contributed by atoms with Gasteiger partial charge in [-0.05, 0) is 90.7 Å². The second-order valence-corrected chi connectivity index (χ2v) is 8.45. The summed E-state index contributed by atoms with van der Waals surface area (Å²) in [5.41, 5.74) is 8.39. The van der Waals surface area contributed by atoms with Gasteiger partial charge in [0.1, 0.15) is 5.75 Å². The molecule has 0 spiro atoms. The molecule has 0 aliphatic heterocycles. The minimum absolute atomic E-state index is 0.0870. The van der Waals surface area contributed by atoms with Gasteiger partial charge in [0.2, 0.25) is 0 Å². The molecule has 0 aromatic heterocycles. The summed E-state index contributed by atoms with van der Waals surface area (Å²) in [5, 5.41) is 23.9. The quantitative estimate of drug-likeness (QED) is 0.479. The Hall–Kier alpha value is -2.88. The first-order chi connectivity index (χ1) is 15.0. The molecule has 2 atom stereocenters. The zero-order valence-corrected chi connectivity index (χ0v) is 18.3. The van der Waals surface area contributed by atoms with Crippen LogP contribution in [0.25, 0.3) is 5.57 Å². The molecule has 4 rings (SSSR count). The first kappa shape index (κ1) is 21.4. The summed E-state index contributed by atoms with van der Waals surface area (Å²) in [5.74, 6) is 0.257. The first-order valence-electron chi connectivity index (χ1n) is 11.1. The van der Waals surface area contributed by atoms with Crippen LogP contribution in [0.5, 0.6) is 5.75 Å². The van der Waals surface area contributed by atoms with Gasteiger partial charge in [0.15, 0.2) is 0 Å². The normalized spacial score (nSPS) is 14.9. The molecule has 0 saturated carbocycles. The Bertz CT molecular complexity index is 1040. The summed E-state index contributed by atoms with van der Waals surface area (Å²) in [6.45, 7) is 4.62. The lowest BCUT2D eigenvalue weighted by Gasteiger charge is -2.21. The van der Waals surface area contributed by atoms with Gasteiger partial charge in [0.25, 0.3) is 0 Å². The zero-order chi connectivity index (χ0) is 21.8. The third-order valence-electron chi connectivity index (χ3n) is 6.27. The molecule has 3 N–H and O–H groups in total. The minimum Gasteiger partial charge on any atom is -0.508 e. The van der Waals surface area contributed by atoms with Crippen LogP contribution in [0.1, 0.15) is 52.8 Å². The van der Waals surface area contributed by atoms with Crippen LogP contribution in [0.3, 0.4) is 0 Å². The lowest BCUT2D eigenvalue weighted by Crippen LogP contribution is -2.32. The van der Waals surface area contributed by atoms with E-state index in [1.54, 1.807) is 12.1 Å². The van der Waals surface area contributed by atoms with Gasteiger partial charge in [-0.25, -0.2) is 0 Å². The number of aliphatic hydroxyl groups excluding tert-OH is 1. The van der Waals surface area contributed by atoms with E-state index in [4.69, 9.17) is 0 Å². The molecule has 3 aromatic carbocycles. The lowest BCUT2D eigenvalue weighted by atomic mass is 9.93. The predicted molar refractivity (Wildman–Crippen MR) is 127 cm³/mol. The largest absolute Gasteiger partial charge is 0.508 e. The monoisotopic (exact) mass is 413 g/mol. The van der Waals surface area contributed by atoms with E-state index in [-0.39, 0.29) is 11.8 Å². The molecular formula is C28H31NO2. The van der Waals surface area contributed by atoms with E-state index in [0.717, 1.165) is 36.9 Å². The molecule has 2 unspecified atom stereocenters. The van der Waals surface area contributed by atoms with Gasteiger partial charge in [-0.1, -0.05) is 60.7 Å². The van der Waals surface area contributed by atoms with Gasteiger partial charge >= 0.3 is 0 Å². The standard InChI is InChI=1S/C28H31NO2/c1-19-18-23(15-16-27(19)30)28(31)20(2)29-17-7-12-26-24-10-5-3-8-21(24)13-14-22-9-4-6-11-25(22)26/h3-6,8-12,15-16,18,20,28-31H,7,13-14,17H2,1-2H3. The highest BCUT2D eigenvalue weighted by Crippen LogP contribution is 2.33. The summed E-state index contributed by atoms with van der Waals surface area (Å²) in [6.07, 6.45) is 4.73. The van der Waals surface area contributed by atoms with Crippen LogP contribution in [0.15, 0.2) is 72.8 Å². The van der Waals surface area contributed by atoms with E-state index >= 15 is 0 Å². The topological polar surface area (TPSA) is 52.5 Å². The molecule has 1 aliphatic carbocycles. The van der Waals surface area contributed by atoms with Crippen LogP contribution < -0.4 is 5.32 Å². The summed E-state index contributed by atoms with van der Waals surface area (Å²) in [6, 6.07) is 22.6. The van der Waals surface area contributed by atoms with Crippen molar-refractivity contribution in [2.24, 2.45) is 0 Å². The Morgan fingerprint density at radius 3 is 2.16 bits per heavy atom. The van der Waals surface area contributed by atoms with Gasteiger partial charge in [0, 0.05) is 6.04 Å². The Morgan fingerprint density at radius 2 is 1.55 bits per heavy atom. The highest BCUT2D eigenvalue weighted by atomic mass is 16.3.